The third-order valence-electron chi connectivity index (χ3n) is 1.83. The first-order chi connectivity index (χ1) is 8.15. The molecule has 0 saturated carbocycles. The van der Waals surface area contributed by atoms with Gasteiger partial charge in [0.05, 0.1) is 6.61 Å². The maximum absolute atomic E-state index is 11.0. The summed E-state index contributed by atoms with van der Waals surface area (Å²) in [5, 5.41) is 18.6. The second kappa shape index (κ2) is 6.93. The molecule has 0 aliphatic carbocycles. The van der Waals surface area contributed by atoms with Gasteiger partial charge in [0.1, 0.15) is 0 Å². The van der Waals surface area contributed by atoms with Gasteiger partial charge in [-0.25, -0.2) is 9.59 Å². The van der Waals surface area contributed by atoms with Crippen molar-refractivity contribution in [2.75, 3.05) is 6.61 Å². The monoisotopic (exact) mass is 258 g/mol. The normalized spacial score (nSPS) is 10.7. The van der Waals surface area contributed by atoms with Crippen molar-refractivity contribution in [2.45, 2.75) is 32.7 Å². The molecule has 0 fully saturated rings. The number of hydrogen-bond acceptors (Lipinski definition) is 6. The molecule has 6 heteroatoms. The van der Waals surface area contributed by atoms with Gasteiger partial charge in [-0.15, -0.1) is 0 Å². The van der Waals surface area contributed by atoms with Crippen LogP contribution in [0.4, 0.5) is 0 Å². The zero-order valence-corrected chi connectivity index (χ0v) is 10.6. The molecule has 0 aliphatic rings. The average Bonchev–Trinajstić information content (AvgIpc) is 2.23. The van der Waals surface area contributed by atoms with E-state index < -0.39 is 17.9 Å². The molecule has 18 heavy (non-hydrogen) atoms. The van der Waals surface area contributed by atoms with E-state index in [-0.39, 0.29) is 30.6 Å². The molecule has 0 bridgehead atoms. The number of hydrogen-bond donors (Lipinski definition) is 2. The summed E-state index contributed by atoms with van der Waals surface area (Å²) in [4.78, 5) is 22.0. The molecule has 0 heterocycles. The topological polar surface area (TPSA) is 93.1 Å². The van der Waals surface area contributed by atoms with Crippen molar-refractivity contribution in [1.82, 2.24) is 0 Å². The highest BCUT2D eigenvalue weighted by atomic mass is 16.8. The van der Waals surface area contributed by atoms with E-state index >= 15 is 0 Å². The van der Waals surface area contributed by atoms with Crippen LogP contribution in [0.25, 0.3) is 0 Å². The van der Waals surface area contributed by atoms with Crippen LogP contribution in [0.1, 0.15) is 26.7 Å². The Balaban J connectivity index is 3.98. The first kappa shape index (κ1) is 16.3. The van der Waals surface area contributed by atoms with E-state index in [9.17, 15) is 19.8 Å². The molecule has 0 aromatic rings. The van der Waals surface area contributed by atoms with Gasteiger partial charge in [0, 0.05) is 17.6 Å². The molecule has 0 aromatic carbocycles. The van der Waals surface area contributed by atoms with E-state index in [1.54, 1.807) is 0 Å². The fraction of sp³-hybridized carbons (Fsp3) is 0.500. The van der Waals surface area contributed by atoms with Gasteiger partial charge in [-0.3, -0.25) is 0 Å². The van der Waals surface area contributed by atoms with Gasteiger partial charge < -0.3 is 19.7 Å². The molecule has 0 aromatic heterocycles. The third-order valence-corrected chi connectivity index (χ3v) is 1.83. The first-order valence-corrected chi connectivity index (χ1v) is 5.32. The van der Waals surface area contributed by atoms with Crippen molar-refractivity contribution >= 4 is 11.9 Å². The Kier molecular flexibility index (Phi) is 6.29. The SMILES string of the molecule is C=C(C)C(=O)OCCCC(O)(O)OC(=O)C(=C)C. The zero-order chi connectivity index (χ0) is 14.3. The molecule has 102 valence electrons. The molecule has 0 unspecified atom stereocenters. The summed E-state index contributed by atoms with van der Waals surface area (Å²) in [6, 6.07) is 0. The summed E-state index contributed by atoms with van der Waals surface area (Å²) >= 11 is 0. The Bertz CT molecular complexity index is 356. The Morgan fingerprint density at radius 2 is 1.61 bits per heavy atom. The lowest BCUT2D eigenvalue weighted by molar-refractivity contribution is -0.320. The van der Waals surface area contributed by atoms with Crippen molar-refractivity contribution in [3.8, 4) is 0 Å². The van der Waals surface area contributed by atoms with E-state index in [1.807, 2.05) is 0 Å². The molecule has 0 spiro atoms. The zero-order valence-electron chi connectivity index (χ0n) is 10.6. The molecular weight excluding hydrogens is 240 g/mol. The van der Waals surface area contributed by atoms with Crippen LogP contribution in [-0.4, -0.2) is 34.7 Å². The standard InChI is InChI=1S/C12H18O6/c1-8(2)10(13)17-7-5-6-12(15,16)18-11(14)9(3)4/h15-16H,1,3,5-7H2,2,4H3. The Morgan fingerprint density at radius 3 is 2.06 bits per heavy atom. The minimum atomic E-state index is -2.59. The Morgan fingerprint density at radius 1 is 1.11 bits per heavy atom. The van der Waals surface area contributed by atoms with Crippen molar-refractivity contribution in [2.24, 2.45) is 0 Å². The minimum absolute atomic E-state index is 0.0286. The first-order valence-electron chi connectivity index (χ1n) is 5.32. The third kappa shape index (κ3) is 6.82. The van der Waals surface area contributed by atoms with E-state index in [0.29, 0.717) is 0 Å². The predicted octanol–water partition coefficient (Wildman–Crippen LogP) is 0.644. The molecular formula is C12H18O6. The second-order valence-corrected chi connectivity index (χ2v) is 3.93. The van der Waals surface area contributed by atoms with Crippen LogP contribution in [0.2, 0.25) is 0 Å². The molecule has 6 nitrogen and oxygen atoms in total. The highest BCUT2D eigenvalue weighted by molar-refractivity contribution is 5.87. The van der Waals surface area contributed by atoms with Crippen molar-refractivity contribution < 1.29 is 29.3 Å². The van der Waals surface area contributed by atoms with Crippen LogP contribution in [0, 0.1) is 0 Å². The van der Waals surface area contributed by atoms with Gasteiger partial charge in [0.2, 0.25) is 0 Å². The number of ether oxygens (including phenoxy) is 2. The van der Waals surface area contributed by atoms with Gasteiger partial charge in [-0.2, -0.15) is 0 Å². The van der Waals surface area contributed by atoms with E-state index in [4.69, 9.17) is 4.74 Å². The van der Waals surface area contributed by atoms with E-state index in [1.165, 1.54) is 13.8 Å². The van der Waals surface area contributed by atoms with Crippen LogP contribution in [-0.2, 0) is 19.1 Å². The summed E-state index contributed by atoms with van der Waals surface area (Å²) in [5.41, 5.74) is 0.305. The lowest BCUT2D eigenvalue weighted by Crippen LogP contribution is -2.35. The van der Waals surface area contributed by atoms with Gasteiger partial charge in [0.15, 0.2) is 0 Å². The van der Waals surface area contributed by atoms with Crippen LogP contribution in [0.3, 0.4) is 0 Å². The maximum Gasteiger partial charge on any atom is 0.337 e. The second-order valence-electron chi connectivity index (χ2n) is 3.93. The summed E-state index contributed by atoms with van der Waals surface area (Å²) in [6.45, 7) is 9.54. The Hall–Kier alpha value is -1.66. The smallest absolute Gasteiger partial charge is 0.337 e. The summed E-state index contributed by atoms with van der Waals surface area (Å²) < 4.78 is 9.10. The van der Waals surface area contributed by atoms with Crippen LogP contribution >= 0.6 is 0 Å². The molecule has 0 saturated heterocycles. The number of carbonyl (C=O) groups excluding carboxylic acids is 2. The highest BCUT2D eigenvalue weighted by Gasteiger charge is 2.28. The highest BCUT2D eigenvalue weighted by Crippen LogP contribution is 2.13. The van der Waals surface area contributed by atoms with Crippen LogP contribution < -0.4 is 0 Å². The fourth-order valence-corrected chi connectivity index (χ4v) is 0.877. The average molecular weight is 258 g/mol. The molecule has 0 radical (unpaired) electrons. The quantitative estimate of drug-likeness (QED) is 0.301. The van der Waals surface area contributed by atoms with Gasteiger partial charge in [0.25, 0.3) is 0 Å². The fourth-order valence-electron chi connectivity index (χ4n) is 0.877. The molecule has 0 rings (SSSR count). The molecule has 0 amide bonds. The van der Waals surface area contributed by atoms with Crippen LogP contribution in [0.5, 0.6) is 0 Å². The minimum Gasteiger partial charge on any atom is -0.462 e. The maximum atomic E-state index is 11.0. The van der Waals surface area contributed by atoms with E-state index in [2.05, 4.69) is 17.9 Å². The summed E-state index contributed by atoms with van der Waals surface area (Å²) in [5.74, 6) is -4.06. The largest absolute Gasteiger partial charge is 0.462 e. The van der Waals surface area contributed by atoms with Crippen molar-refractivity contribution in [3.63, 3.8) is 0 Å². The lowest BCUT2D eigenvalue weighted by atomic mass is 10.2. The summed E-state index contributed by atoms with van der Waals surface area (Å²) in [6.07, 6.45) is -0.162. The van der Waals surface area contributed by atoms with Gasteiger partial charge in [-0.1, -0.05) is 13.2 Å². The lowest BCUT2D eigenvalue weighted by Gasteiger charge is -2.21. The van der Waals surface area contributed by atoms with Gasteiger partial charge in [-0.05, 0) is 20.3 Å². The van der Waals surface area contributed by atoms with Crippen molar-refractivity contribution in [3.05, 3.63) is 24.3 Å². The number of rotatable bonds is 7. The number of aliphatic hydroxyl groups is 2. The van der Waals surface area contributed by atoms with Crippen molar-refractivity contribution in [1.29, 1.82) is 0 Å². The molecule has 0 aliphatic heterocycles. The molecule has 0 atom stereocenters. The Labute approximate surface area is 106 Å². The number of esters is 2. The van der Waals surface area contributed by atoms with E-state index in [0.717, 1.165) is 0 Å². The predicted molar refractivity (Wildman–Crippen MR) is 63.1 cm³/mol. The summed E-state index contributed by atoms with van der Waals surface area (Å²) in [7, 11) is 0. The number of carbonyl (C=O) groups is 2. The van der Waals surface area contributed by atoms with Crippen LogP contribution in [0.15, 0.2) is 24.3 Å². The van der Waals surface area contributed by atoms with Gasteiger partial charge >= 0.3 is 17.9 Å². The molecule has 2 N–H and O–H groups in total.